The van der Waals surface area contributed by atoms with Crippen molar-refractivity contribution in [1.29, 1.82) is 0 Å². The summed E-state index contributed by atoms with van der Waals surface area (Å²) in [6.45, 7) is 3.62. The fourth-order valence-corrected chi connectivity index (χ4v) is 1.55. The van der Waals surface area contributed by atoms with Crippen molar-refractivity contribution in [2.75, 3.05) is 0 Å². The largest absolute Gasteiger partial charge is 0.353 e. The van der Waals surface area contributed by atoms with E-state index < -0.39 is 21.9 Å². The zero-order chi connectivity index (χ0) is 12.5. The van der Waals surface area contributed by atoms with E-state index in [1.54, 1.807) is 0 Å². The van der Waals surface area contributed by atoms with E-state index in [0.717, 1.165) is 4.57 Å². The molecule has 7 nitrogen and oxygen atoms in total. The minimum Gasteiger partial charge on any atom is -0.291 e. The molecule has 0 aliphatic carbocycles. The molecule has 1 aromatic rings. The van der Waals surface area contributed by atoms with Gasteiger partial charge in [0.15, 0.2) is 0 Å². The van der Waals surface area contributed by atoms with Gasteiger partial charge in [0.25, 0.3) is 0 Å². The van der Waals surface area contributed by atoms with Gasteiger partial charge in [-0.2, -0.15) is 0 Å². The first-order valence-corrected chi connectivity index (χ1v) is 4.86. The maximum absolute atomic E-state index is 11.7. The van der Waals surface area contributed by atoms with Crippen LogP contribution in [0.25, 0.3) is 0 Å². The van der Waals surface area contributed by atoms with Crippen molar-refractivity contribution in [2.24, 2.45) is 7.05 Å². The smallest absolute Gasteiger partial charge is 0.291 e. The monoisotopic (exact) mass is 227 g/mol. The van der Waals surface area contributed by atoms with Crippen LogP contribution in [0.2, 0.25) is 0 Å². The average molecular weight is 227 g/mol. The van der Waals surface area contributed by atoms with Gasteiger partial charge >= 0.3 is 16.9 Å². The first kappa shape index (κ1) is 12.2. The lowest BCUT2D eigenvalue weighted by Crippen LogP contribution is -2.40. The Hall–Kier alpha value is -1.92. The normalized spacial score (nSPS) is 10.4. The van der Waals surface area contributed by atoms with E-state index in [1.807, 2.05) is 6.92 Å². The van der Waals surface area contributed by atoms with E-state index in [2.05, 4.69) is 0 Å². The van der Waals surface area contributed by atoms with Crippen molar-refractivity contribution >= 4 is 5.69 Å². The Balaban J connectivity index is 3.73. The summed E-state index contributed by atoms with van der Waals surface area (Å²) in [7, 11) is 1.24. The third-order valence-electron chi connectivity index (χ3n) is 2.40. The summed E-state index contributed by atoms with van der Waals surface area (Å²) in [4.78, 5) is 33.2. The molecule has 1 heterocycles. The van der Waals surface area contributed by atoms with Gasteiger partial charge in [-0.05, 0) is 13.3 Å². The molecule has 0 aliphatic heterocycles. The van der Waals surface area contributed by atoms with E-state index in [0.29, 0.717) is 13.0 Å². The molecule has 0 aliphatic rings. The number of aromatic nitrogens is 2. The Morgan fingerprint density at radius 1 is 1.38 bits per heavy atom. The Morgan fingerprint density at radius 3 is 2.38 bits per heavy atom. The zero-order valence-corrected chi connectivity index (χ0v) is 9.39. The topological polar surface area (TPSA) is 87.1 Å². The van der Waals surface area contributed by atoms with Crippen LogP contribution in [0.4, 0.5) is 5.69 Å². The minimum absolute atomic E-state index is 0.111. The summed E-state index contributed by atoms with van der Waals surface area (Å²) in [5.41, 5.74) is -1.80. The number of hydrogen-bond donors (Lipinski definition) is 0. The van der Waals surface area contributed by atoms with Gasteiger partial charge in [0, 0.05) is 13.6 Å². The van der Waals surface area contributed by atoms with Gasteiger partial charge < -0.3 is 0 Å². The number of nitro groups is 1. The fraction of sp³-hybridized carbons (Fsp3) is 0.556. The van der Waals surface area contributed by atoms with Crippen LogP contribution in [0.15, 0.2) is 9.59 Å². The van der Waals surface area contributed by atoms with Gasteiger partial charge in [0.05, 0.1) is 4.92 Å². The maximum atomic E-state index is 11.7. The summed E-state index contributed by atoms with van der Waals surface area (Å²) < 4.78 is 2.01. The van der Waals surface area contributed by atoms with Gasteiger partial charge in [-0.1, -0.05) is 6.92 Å². The summed E-state index contributed by atoms with van der Waals surface area (Å²) >= 11 is 0. The highest BCUT2D eigenvalue weighted by Gasteiger charge is 2.22. The lowest BCUT2D eigenvalue weighted by molar-refractivity contribution is -0.387. The predicted molar refractivity (Wildman–Crippen MR) is 57.6 cm³/mol. The third kappa shape index (κ3) is 1.75. The first-order valence-electron chi connectivity index (χ1n) is 4.86. The SMILES string of the molecule is CCCn1c(C)c([N+](=O)[O-])c(=O)n(C)c1=O. The van der Waals surface area contributed by atoms with Gasteiger partial charge in [-0.25, -0.2) is 4.79 Å². The van der Waals surface area contributed by atoms with Crippen molar-refractivity contribution in [2.45, 2.75) is 26.8 Å². The van der Waals surface area contributed by atoms with E-state index in [-0.39, 0.29) is 5.69 Å². The molecule has 0 spiro atoms. The predicted octanol–water partition coefficient (Wildman–Crippen LogP) is 0.174. The number of rotatable bonds is 3. The standard InChI is InChI=1S/C9H13N3O4/c1-4-5-11-6(2)7(12(15)16)8(13)10(3)9(11)14/h4-5H2,1-3H3. The quantitative estimate of drug-likeness (QED) is 0.544. The van der Waals surface area contributed by atoms with Crippen LogP contribution < -0.4 is 11.2 Å². The molecule has 0 fully saturated rings. The Labute approximate surface area is 91.1 Å². The van der Waals surface area contributed by atoms with Crippen molar-refractivity contribution in [3.63, 3.8) is 0 Å². The number of nitrogens with zero attached hydrogens (tertiary/aromatic N) is 3. The average Bonchev–Trinajstić information content (AvgIpc) is 2.21. The van der Waals surface area contributed by atoms with Crippen LogP contribution in [-0.4, -0.2) is 14.1 Å². The van der Waals surface area contributed by atoms with Gasteiger partial charge in [0.1, 0.15) is 5.69 Å². The Kier molecular flexibility index (Phi) is 3.26. The molecule has 88 valence electrons. The molecule has 0 atom stereocenters. The molecule has 0 radical (unpaired) electrons. The van der Waals surface area contributed by atoms with Crippen LogP contribution in [0.3, 0.4) is 0 Å². The molecule has 0 unspecified atom stereocenters. The summed E-state index contributed by atoms with van der Waals surface area (Å²) in [5, 5.41) is 10.7. The van der Waals surface area contributed by atoms with Crippen LogP contribution in [0.5, 0.6) is 0 Å². The third-order valence-corrected chi connectivity index (χ3v) is 2.40. The lowest BCUT2D eigenvalue weighted by atomic mass is 10.3. The highest BCUT2D eigenvalue weighted by molar-refractivity contribution is 5.31. The van der Waals surface area contributed by atoms with Crippen LogP contribution in [0.1, 0.15) is 19.0 Å². The molecule has 0 saturated heterocycles. The van der Waals surface area contributed by atoms with Crippen molar-refractivity contribution in [3.05, 3.63) is 36.6 Å². The van der Waals surface area contributed by atoms with Crippen LogP contribution in [0, 0.1) is 17.0 Å². The highest BCUT2D eigenvalue weighted by atomic mass is 16.6. The summed E-state index contributed by atoms with van der Waals surface area (Å²) in [5.74, 6) is 0. The second kappa shape index (κ2) is 4.30. The molecular formula is C9H13N3O4. The number of hydrogen-bond acceptors (Lipinski definition) is 4. The second-order valence-electron chi connectivity index (χ2n) is 3.49. The highest BCUT2D eigenvalue weighted by Crippen LogP contribution is 2.09. The molecule has 1 aromatic heterocycles. The molecular weight excluding hydrogens is 214 g/mol. The van der Waals surface area contributed by atoms with Crippen molar-refractivity contribution < 1.29 is 4.92 Å². The molecule has 0 saturated carbocycles. The van der Waals surface area contributed by atoms with E-state index in [1.165, 1.54) is 18.5 Å². The summed E-state index contributed by atoms with van der Waals surface area (Å²) in [6.07, 6.45) is 0.663. The summed E-state index contributed by atoms with van der Waals surface area (Å²) in [6, 6.07) is 0. The van der Waals surface area contributed by atoms with Gasteiger partial charge in [0.2, 0.25) is 0 Å². The Morgan fingerprint density at radius 2 is 1.94 bits per heavy atom. The minimum atomic E-state index is -0.861. The van der Waals surface area contributed by atoms with Gasteiger partial charge in [-0.3, -0.25) is 24.0 Å². The maximum Gasteiger partial charge on any atom is 0.353 e. The van der Waals surface area contributed by atoms with E-state index in [4.69, 9.17) is 0 Å². The van der Waals surface area contributed by atoms with Crippen molar-refractivity contribution in [1.82, 2.24) is 9.13 Å². The van der Waals surface area contributed by atoms with Crippen LogP contribution >= 0.6 is 0 Å². The van der Waals surface area contributed by atoms with Crippen molar-refractivity contribution in [3.8, 4) is 0 Å². The fourth-order valence-electron chi connectivity index (χ4n) is 1.55. The molecule has 0 amide bonds. The Bertz CT molecular complexity index is 541. The lowest BCUT2D eigenvalue weighted by Gasteiger charge is -2.09. The van der Waals surface area contributed by atoms with Crippen LogP contribution in [-0.2, 0) is 13.6 Å². The molecule has 0 bridgehead atoms. The van der Waals surface area contributed by atoms with Gasteiger partial charge in [-0.15, -0.1) is 0 Å². The zero-order valence-electron chi connectivity index (χ0n) is 9.39. The molecule has 1 rings (SSSR count). The molecule has 7 heteroatoms. The second-order valence-corrected chi connectivity index (χ2v) is 3.49. The molecule has 16 heavy (non-hydrogen) atoms. The van der Waals surface area contributed by atoms with E-state index in [9.17, 15) is 19.7 Å². The molecule has 0 aromatic carbocycles. The van der Waals surface area contributed by atoms with E-state index >= 15 is 0 Å². The molecule has 0 N–H and O–H groups in total. The first-order chi connectivity index (χ1) is 7.41.